The van der Waals surface area contributed by atoms with E-state index in [-0.39, 0.29) is 18.3 Å². The van der Waals surface area contributed by atoms with Crippen molar-refractivity contribution < 1.29 is 14.3 Å². The molecule has 1 aliphatic heterocycles. The highest BCUT2D eigenvalue weighted by atomic mass is 32.2. The number of hydrogen-bond acceptors (Lipinski definition) is 8. The standard InChI is InChI=1S/C33H29N3O4S2/c1-20(2)40-32(38)29-21(3)35-33-36(30(29)23-11-15-27(41-4)16-12-23)31(37)28(42-33)17-22-9-13-26(14-10-22)39-19-25-8-6-5-7-24(25)18-34/h5-17,20,30H,19H2,1-4H3/b28-17+/t30-/m1/s1. The van der Waals surface area contributed by atoms with Gasteiger partial charge in [0.2, 0.25) is 0 Å². The first-order valence-corrected chi connectivity index (χ1v) is 15.4. The summed E-state index contributed by atoms with van der Waals surface area (Å²) in [4.78, 5) is 33.4. The van der Waals surface area contributed by atoms with Crippen LogP contribution in [0, 0.1) is 11.3 Å². The number of aromatic nitrogens is 1. The Labute approximate surface area is 252 Å². The zero-order chi connectivity index (χ0) is 29.8. The number of hydrogen-bond donors (Lipinski definition) is 0. The molecule has 42 heavy (non-hydrogen) atoms. The quantitative estimate of drug-likeness (QED) is 0.201. The molecule has 2 heterocycles. The van der Waals surface area contributed by atoms with Crippen LogP contribution in [0.3, 0.4) is 0 Å². The summed E-state index contributed by atoms with van der Waals surface area (Å²) in [5, 5.41) is 9.30. The van der Waals surface area contributed by atoms with Gasteiger partial charge in [0.25, 0.3) is 5.56 Å². The third-order valence-corrected chi connectivity index (χ3v) is 8.45. The Morgan fingerprint density at radius 2 is 1.83 bits per heavy atom. The lowest BCUT2D eigenvalue weighted by molar-refractivity contribution is -0.143. The van der Waals surface area contributed by atoms with E-state index in [1.54, 1.807) is 43.2 Å². The number of ether oxygens (including phenoxy) is 2. The van der Waals surface area contributed by atoms with Crippen LogP contribution < -0.4 is 19.6 Å². The highest BCUT2D eigenvalue weighted by Crippen LogP contribution is 2.32. The topological polar surface area (TPSA) is 93.7 Å². The molecule has 0 bridgehead atoms. The molecule has 0 saturated carbocycles. The second-order valence-electron chi connectivity index (χ2n) is 9.94. The van der Waals surface area contributed by atoms with Crippen LogP contribution in [-0.4, -0.2) is 22.9 Å². The zero-order valence-electron chi connectivity index (χ0n) is 23.7. The molecule has 3 aromatic carbocycles. The molecule has 0 unspecified atom stereocenters. The minimum Gasteiger partial charge on any atom is -0.489 e. The predicted molar refractivity (Wildman–Crippen MR) is 165 cm³/mol. The van der Waals surface area contributed by atoms with Crippen molar-refractivity contribution in [3.05, 3.63) is 126 Å². The van der Waals surface area contributed by atoms with Gasteiger partial charge in [-0.05, 0) is 74.6 Å². The maximum atomic E-state index is 13.9. The minimum absolute atomic E-state index is 0.228. The molecule has 9 heteroatoms. The molecule has 0 saturated heterocycles. The Bertz CT molecular complexity index is 1880. The molecule has 0 fully saturated rings. The molecule has 212 valence electrons. The van der Waals surface area contributed by atoms with Crippen LogP contribution in [0.4, 0.5) is 0 Å². The third kappa shape index (κ3) is 6.10. The van der Waals surface area contributed by atoms with Gasteiger partial charge in [0.1, 0.15) is 12.4 Å². The largest absolute Gasteiger partial charge is 0.489 e. The molecule has 0 spiro atoms. The number of allylic oxidation sites excluding steroid dienone is 1. The van der Waals surface area contributed by atoms with E-state index in [2.05, 4.69) is 11.1 Å². The second-order valence-corrected chi connectivity index (χ2v) is 11.8. The molecule has 0 amide bonds. The molecular weight excluding hydrogens is 567 g/mol. The maximum Gasteiger partial charge on any atom is 0.338 e. The molecule has 1 aliphatic rings. The van der Waals surface area contributed by atoms with Gasteiger partial charge in [-0.15, -0.1) is 11.8 Å². The number of nitrogens with zero attached hydrogens (tertiary/aromatic N) is 3. The van der Waals surface area contributed by atoms with Crippen LogP contribution in [0.1, 0.15) is 49.1 Å². The van der Waals surface area contributed by atoms with E-state index in [1.165, 1.54) is 11.3 Å². The van der Waals surface area contributed by atoms with Gasteiger partial charge in [-0.25, -0.2) is 9.79 Å². The Balaban J connectivity index is 1.49. The van der Waals surface area contributed by atoms with E-state index < -0.39 is 12.0 Å². The monoisotopic (exact) mass is 595 g/mol. The molecule has 7 nitrogen and oxygen atoms in total. The fraction of sp³-hybridized carbons (Fsp3) is 0.212. The van der Waals surface area contributed by atoms with Crippen molar-refractivity contribution in [1.29, 1.82) is 5.26 Å². The SMILES string of the molecule is CSc1ccc([C@@H]2C(C(=O)OC(C)C)=C(C)N=c3s/c(=C/c4ccc(OCc5ccccc5C#N)cc4)c(=O)n32)cc1. The normalized spacial score (nSPS) is 14.8. The van der Waals surface area contributed by atoms with Crippen molar-refractivity contribution in [1.82, 2.24) is 4.57 Å². The van der Waals surface area contributed by atoms with Crippen molar-refractivity contribution in [3.63, 3.8) is 0 Å². The van der Waals surface area contributed by atoms with Gasteiger partial charge >= 0.3 is 5.97 Å². The summed E-state index contributed by atoms with van der Waals surface area (Å²) < 4.78 is 13.6. The van der Waals surface area contributed by atoms with Crippen LogP contribution in [0.5, 0.6) is 5.75 Å². The zero-order valence-corrected chi connectivity index (χ0v) is 25.3. The van der Waals surface area contributed by atoms with E-state index in [1.807, 2.05) is 79.1 Å². The molecule has 0 aliphatic carbocycles. The van der Waals surface area contributed by atoms with E-state index >= 15 is 0 Å². The van der Waals surface area contributed by atoms with Gasteiger partial charge in [0, 0.05) is 10.5 Å². The Kier molecular flexibility index (Phi) is 8.76. The Hall–Kier alpha value is -4.39. The van der Waals surface area contributed by atoms with E-state index in [0.717, 1.165) is 21.6 Å². The lowest BCUT2D eigenvalue weighted by Gasteiger charge is -2.25. The molecule has 5 rings (SSSR count). The smallest absolute Gasteiger partial charge is 0.338 e. The maximum absolute atomic E-state index is 13.9. The van der Waals surface area contributed by atoms with Crippen LogP contribution in [0.15, 0.2) is 98.7 Å². The summed E-state index contributed by atoms with van der Waals surface area (Å²) in [5.41, 5.74) is 3.69. The van der Waals surface area contributed by atoms with E-state index in [4.69, 9.17) is 9.47 Å². The first kappa shape index (κ1) is 29.1. The van der Waals surface area contributed by atoms with Gasteiger partial charge in [-0.3, -0.25) is 9.36 Å². The van der Waals surface area contributed by atoms with Gasteiger partial charge in [-0.2, -0.15) is 5.26 Å². The fourth-order valence-electron chi connectivity index (χ4n) is 4.69. The molecular formula is C33H29N3O4S2. The summed E-state index contributed by atoms with van der Waals surface area (Å²) in [6, 6.07) is 24.1. The number of carbonyl (C=O) groups excluding carboxylic acids is 1. The minimum atomic E-state index is -0.655. The molecule has 1 aromatic heterocycles. The predicted octanol–water partition coefficient (Wildman–Crippen LogP) is 5.36. The van der Waals surface area contributed by atoms with Crippen LogP contribution >= 0.6 is 23.1 Å². The van der Waals surface area contributed by atoms with Gasteiger partial charge in [0.15, 0.2) is 4.80 Å². The molecule has 0 radical (unpaired) electrons. The van der Waals surface area contributed by atoms with E-state index in [0.29, 0.717) is 31.9 Å². The molecule has 1 atom stereocenters. The number of fused-ring (bicyclic) bond motifs is 1. The first-order valence-electron chi connectivity index (χ1n) is 13.4. The number of nitriles is 1. The molecule has 4 aromatic rings. The van der Waals surface area contributed by atoms with Crippen LogP contribution in [0.2, 0.25) is 0 Å². The fourth-order valence-corrected chi connectivity index (χ4v) is 6.14. The average Bonchev–Trinajstić information content (AvgIpc) is 3.29. The van der Waals surface area contributed by atoms with Crippen molar-refractivity contribution in [3.8, 4) is 11.8 Å². The third-order valence-electron chi connectivity index (χ3n) is 6.73. The highest BCUT2D eigenvalue weighted by Gasteiger charge is 2.33. The Morgan fingerprint density at radius 3 is 2.50 bits per heavy atom. The van der Waals surface area contributed by atoms with Gasteiger partial charge in [0.05, 0.1) is 39.6 Å². The lowest BCUT2D eigenvalue weighted by atomic mass is 9.96. The second kappa shape index (κ2) is 12.6. The number of thiazole rings is 1. The van der Waals surface area contributed by atoms with Crippen LogP contribution in [-0.2, 0) is 16.1 Å². The van der Waals surface area contributed by atoms with E-state index in [9.17, 15) is 14.9 Å². The molecule has 0 N–H and O–H groups in total. The highest BCUT2D eigenvalue weighted by molar-refractivity contribution is 7.98. The summed E-state index contributed by atoms with van der Waals surface area (Å²) >= 11 is 2.91. The van der Waals surface area contributed by atoms with Gasteiger partial charge in [-0.1, -0.05) is 53.8 Å². The van der Waals surface area contributed by atoms with Gasteiger partial charge < -0.3 is 9.47 Å². The lowest BCUT2D eigenvalue weighted by Crippen LogP contribution is -2.40. The summed E-state index contributed by atoms with van der Waals surface area (Å²) in [5.74, 6) is 0.173. The summed E-state index contributed by atoms with van der Waals surface area (Å²) in [6.07, 6.45) is 3.51. The first-order chi connectivity index (χ1) is 20.3. The number of esters is 1. The Morgan fingerprint density at radius 1 is 1.12 bits per heavy atom. The van der Waals surface area contributed by atoms with Crippen molar-refractivity contribution in [2.45, 2.75) is 44.4 Å². The van der Waals surface area contributed by atoms with Crippen LogP contribution in [0.25, 0.3) is 6.08 Å². The summed E-state index contributed by atoms with van der Waals surface area (Å²) in [6.45, 7) is 5.66. The number of carbonyl (C=O) groups is 1. The van der Waals surface area contributed by atoms with Crippen molar-refractivity contribution in [2.24, 2.45) is 4.99 Å². The number of thioether (sulfide) groups is 1. The number of rotatable bonds is 8. The summed E-state index contributed by atoms with van der Waals surface area (Å²) in [7, 11) is 0. The van der Waals surface area contributed by atoms with Crippen molar-refractivity contribution >= 4 is 35.1 Å². The number of benzene rings is 3. The van der Waals surface area contributed by atoms with Crippen molar-refractivity contribution in [2.75, 3.05) is 6.26 Å². The average molecular weight is 596 g/mol.